The number of carboxylic acid groups (broad SMARTS) is 1. The van der Waals surface area contributed by atoms with Crippen molar-refractivity contribution in [2.75, 3.05) is 6.61 Å². The van der Waals surface area contributed by atoms with Crippen LogP contribution in [0.2, 0.25) is 0 Å². The summed E-state index contributed by atoms with van der Waals surface area (Å²) in [5, 5.41) is 8.44. The van der Waals surface area contributed by atoms with E-state index in [2.05, 4.69) is 9.05 Å². The Balaban J connectivity index is 4.32. The molecule has 1 unspecified atom stereocenters. The van der Waals surface area contributed by atoms with Crippen molar-refractivity contribution in [1.29, 1.82) is 0 Å². The highest BCUT2D eigenvalue weighted by Crippen LogP contribution is 2.43. The normalized spacial score (nSPS) is 17.6. The molecule has 0 heterocycles. The van der Waals surface area contributed by atoms with Gasteiger partial charge in [0.2, 0.25) is 0 Å². The molecule has 0 amide bonds. The average molecular weight is 298 g/mol. The van der Waals surface area contributed by atoms with E-state index >= 15 is 0 Å². The molecule has 0 aliphatic heterocycles. The first kappa shape index (κ1) is 18.0. The van der Waals surface area contributed by atoms with Crippen LogP contribution in [0.15, 0.2) is 0 Å². The number of rotatable bonds is 8. The molecule has 0 spiro atoms. The van der Waals surface area contributed by atoms with E-state index in [1.165, 1.54) is 0 Å². The first-order valence-corrected chi connectivity index (χ1v) is 6.99. The van der Waals surface area contributed by atoms with Crippen LogP contribution in [0.1, 0.15) is 20.3 Å². The smallest absolute Gasteiger partial charge is 0.480 e. The van der Waals surface area contributed by atoms with Crippen molar-refractivity contribution < 1.29 is 33.2 Å². The molecule has 0 rings (SSSR count). The van der Waals surface area contributed by atoms with Crippen molar-refractivity contribution in [3.05, 3.63) is 0 Å². The van der Waals surface area contributed by atoms with E-state index < -0.39 is 38.5 Å². The maximum absolute atomic E-state index is 11.4. The lowest BCUT2D eigenvalue weighted by atomic mass is 10.1. The standard InChI is InChI=1S/C9H19N2O7P/c1-5(2)3-6(10)9(14)18-19(15,16)17-4-7(11)8(12)13/h5-7H,3-4,10-11H2,1-2H3,(H,12,13)(H,15,16)/t6-,7-/m0/s1. The molecule has 0 fully saturated rings. The Morgan fingerprint density at radius 3 is 2.21 bits per heavy atom. The van der Waals surface area contributed by atoms with Crippen LogP contribution >= 0.6 is 7.82 Å². The number of phosphoric acid groups is 1. The third-order valence-electron chi connectivity index (χ3n) is 1.97. The predicted octanol–water partition coefficient (Wildman–Crippen LogP) is -0.568. The summed E-state index contributed by atoms with van der Waals surface area (Å²) in [6, 6.07) is -2.55. The Kier molecular flexibility index (Phi) is 7.17. The number of aliphatic carboxylic acids is 1. The summed E-state index contributed by atoms with van der Waals surface area (Å²) in [5.74, 6) is -2.41. The van der Waals surface area contributed by atoms with Gasteiger partial charge in [0.25, 0.3) is 0 Å². The number of phosphoric ester groups is 1. The molecule has 19 heavy (non-hydrogen) atoms. The van der Waals surface area contributed by atoms with Crippen LogP contribution in [0.3, 0.4) is 0 Å². The van der Waals surface area contributed by atoms with Crippen molar-refractivity contribution in [2.45, 2.75) is 32.4 Å². The molecular formula is C9H19N2O7P. The van der Waals surface area contributed by atoms with E-state index in [1.807, 2.05) is 13.8 Å². The van der Waals surface area contributed by atoms with Gasteiger partial charge in [-0.2, -0.15) is 0 Å². The zero-order valence-electron chi connectivity index (χ0n) is 10.7. The molecule has 112 valence electrons. The number of nitrogens with two attached hydrogens (primary N) is 2. The third-order valence-corrected chi connectivity index (χ3v) is 2.85. The van der Waals surface area contributed by atoms with E-state index in [1.54, 1.807) is 0 Å². The molecule has 0 saturated heterocycles. The Hall–Kier alpha value is -0.990. The van der Waals surface area contributed by atoms with Crippen LogP contribution in [-0.2, 0) is 23.2 Å². The van der Waals surface area contributed by atoms with E-state index in [0.29, 0.717) is 0 Å². The van der Waals surface area contributed by atoms with Crippen LogP contribution in [0.5, 0.6) is 0 Å². The Morgan fingerprint density at radius 1 is 1.26 bits per heavy atom. The van der Waals surface area contributed by atoms with Crippen LogP contribution in [0.4, 0.5) is 0 Å². The molecule has 9 nitrogen and oxygen atoms in total. The lowest BCUT2D eigenvalue weighted by Crippen LogP contribution is -2.35. The summed E-state index contributed by atoms with van der Waals surface area (Å²) < 4.78 is 19.8. The lowest BCUT2D eigenvalue weighted by molar-refractivity contribution is -0.139. The number of carboxylic acids is 1. The van der Waals surface area contributed by atoms with Gasteiger partial charge in [0.15, 0.2) is 0 Å². The maximum atomic E-state index is 11.4. The fourth-order valence-corrected chi connectivity index (χ4v) is 1.82. The largest absolute Gasteiger partial charge is 0.529 e. The second-order valence-electron chi connectivity index (χ2n) is 4.36. The van der Waals surface area contributed by atoms with Crippen LogP contribution < -0.4 is 11.5 Å². The van der Waals surface area contributed by atoms with Gasteiger partial charge in [0, 0.05) is 0 Å². The topological polar surface area (TPSA) is 162 Å². The second-order valence-corrected chi connectivity index (χ2v) is 5.73. The summed E-state index contributed by atoms with van der Waals surface area (Å²) in [5.41, 5.74) is 10.5. The Bertz CT molecular complexity index is 374. The molecule has 0 saturated carbocycles. The van der Waals surface area contributed by atoms with Gasteiger partial charge in [-0.1, -0.05) is 13.8 Å². The number of hydrogen-bond acceptors (Lipinski definition) is 7. The van der Waals surface area contributed by atoms with E-state index in [0.717, 1.165) is 0 Å². The quantitative estimate of drug-likeness (QED) is 0.430. The van der Waals surface area contributed by atoms with E-state index in [-0.39, 0.29) is 12.3 Å². The van der Waals surface area contributed by atoms with Gasteiger partial charge in [0.1, 0.15) is 12.1 Å². The molecule has 0 aliphatic rings. The van der Waals surface area contributed by atoms with E-state index in [9.17, 15) is 19.0 Å². The van der Waals surface area contributed by atoms with Crippen LogP contribution in [0, 0.1) is 5.92 Å². The molecule has 3 atom stereocenters. The van der Waals surface area contributed by atoms with Crippen molar-refractivity contribution in [3.8, 4) is 0 Å². The molecule has 0 aliphatic carbocycles. The third kappa shape index (κ3) is 7.91. The highest BCUT2D eigenvalue weighted by molar-refractivity contribution is 7.48. The number of carbonyl (C=O) groups is 2. The minimum Gasteiger partial charge on any atom is -0.480 e. The average Bonchev–Trinajstić information content (AvgIpc) is 2.24. The van der Waals surface area contributed by atoms with Crippen molar-refractivity contribution in [2.24, 2.45) is 17.4 Å². The maximum Gasteiger partial charge on any atom is 0.529 e. The predicted molar refractivity (Wildman–Crippen MR) is 64.9 cm³/mol. The van der Waals surface area contributed by atoms with Crippen molar-refractivity contribution >= 4 is 19.8 Å². The molecule has 0 bridgehead atoms. The highest BCUT2D eigenvalue weighted by atomic mass is 31.2. The first-order valence-electron chi connectivity index (χ1n) is 5.50. The van der Waals surface area contributed by atoms with Gasteiger partial charge in [0.05, 0.1) is 6.61 Å². The highest BCUT2D eigenvalue weighted by Gasteiger charge is 2.31. The molecule has 6 N–H and O–H groups in total. The molecule has 0 radical (unpaired) electrons. The van der Waals surface area contributed by atoms with Gasteiger partial charge >= 0.3 is 19.8 Å². The first-order chi connectivity index (χ1) is 8.55. The molecule has 0 aromatic carbocycles. The van der Waals surface area contributed by atoms with Crippen LogP contribution in [0.25, 0.3) is 0 Å². The van der Waals surface area contributed by atoms with E-state index in [4.69, 9.17) is 16.6 Å². The molecule has 10 heteroatoms. The van der Waals surface area contributed by atoms with Gasteiger partial charge in [-0.3, -0.25) is 14.2 Å². The van der Waals surface area contributed by atoms with Gasteiger partial charge in [-0.25, -0.2) is 9.36 Å². The summed E-state index contributed by atoms with van der Waals surface area (Å²) >= 11 is 0. The van der Waals surface area contributed by atoms with Gasteiger partial charge in [-0.05, 0) is 12.3 Å². The zero-order valence-corrected chi connectivity index (χ0v) is 11.6. The Morgan fingerprint density at radius 2 is 1.79 bits per heavy atom. The summed E-state index contributed by atoms with van der Waals surface area (Å²) in [6.07, 6.45) is 0.271. The second kappa shape index (κ2) is 7.56. The SMILES string of the molecule is CC(C)C[C@H](N)C(=O)OP(=O)(O)OC[C@H](N)C(=O)O. The lowest BCUT2D eigenvalue weighted by Gasteiger charge is -2.17. The van der Waals surface area contributed by atoms with Gasteiger partial charge in [-0.15, -0.1) is 0 Å². The fourth-order valence-electron chi connectivity index (χ4n) is 1.06. The number of carbonyl (C=O) groups excluding carboxylic acids is 1. The summed E-state index contributed by atoms with van der Waals surface area (Å²) in [7, 11) is -4.71. The van der Waals surface area contributed by atoms with Gasteiger partial charge < -0.3 is 21.1 Å². The molecular weight excluding hydrogens is 279 g/mol. The van der Waals surface area contributed by atoms with Crippen molar-refractivity contribution in [3.63, 3.8) is 0 Å². The molecule has 0 aromatic heterocycles. The summed E-state index contributed by atoms with van der Waals surface area (Å²) in [6.45, 7) is 2.86. The fraction of sp³-hybridized carbons (Fsp3) is 0.778. The van der Waals surface area contributed by atoms with Crippen LogP contribution in [-0.4, -0.2) is 40.6 Å². The molecule has 0 aromatic rings. The Labute approximate surface area is 110 Å². The van der Waals surface area contributed by atoms with Crippen molar-refractivity contribution in [1.82, 2.24) is 0 Å². The summed E-state index contributed by atoms with van der Waals surface area (Å²) in [4.78, 5) is 30.9. The zero-order chi connectivity index (χ0) is 15.2. The minimum absolute atomic E-state index is 0.0991. The monoisotopic (exact) mass is 298 g/mol. The number of hydrogen-bond donors (Lipinski definition) is 4. The minimum atomic E-state index is -4.71.